The summed E-state index contributed by atoms with van der Waals surface area (Å²) in [5.41, 5.74) is 0.130. The van der Waals surface area contributed by atoms with Gasteiger partial charge < -0.3 is 9.84 Å². The molecule has 1 aromatic carbocycles. The number of imide groups is 1. The Kier molecular flexibility index (Phi) is 4.95. The first-order chi connectivity index (χ1) is 12.8. The molecule has 2 aromatic rings. The van der Waals surface area contributed by atoms with Crippen LogP contribution in [0.3, 0.4) is 0 Å². The van der Waals surface area contributed by atoms with Gasteiger partial charge >= 0.3 is 6.16 Å². The van der Waals surface area contributed by atoms with Gasteiger partial charge in [-0.1, -0.05) is 5.06 Å². The lowest BCUT2D eigenvalue weighted by Crippen LogP contribution is -2.32. The molecule has 1 fully saturated rings. The van der Waals surface area contributed by atoms with Crippen molar-refractivity contribution >= 4 is 38.7 Å². The van der Waals surface area contributed by atoms with Crippen molar-refractivity contribution in [3.63, 3.8) is 0 Å². The zero-order chi connectivity index (χ0) is 19.6. The fourth-order valence-electron chi connectivity index (χ4n) is 2.51. The van der Waals surface area contributed by atoms with E-state index in [1.54, 1.807) is 0 Å². The van der Waals surface area contributed by atoms with Crippen LogP contribution >= 0.6 is 0 Å². The molecular weight excluding hydrogens is 380 g/mol. The molecule has 2 heterocycles. The monoisotopic (exact) mass is 394 g/mol. The molecule has 1 aliphatic rings. The first kappa shape index (κ1) is 18.6. The summed E-state index contributed by atoms with van der Waals surface area (Å²) < 4.78 is 29.7. The second-order valence-electron chi connectivity index (χ2n) is 5.57. The van der Waals surface area contributed by atoms with Crippen LogP contribution in [0.4, 0.5) is 4.79 Å². The van der Waals surface area contributed by atoms with Gasteiger partial charge in [0.25, 0.3) is 11.8 Å². The standard InChI is InChI=1S/C16H14N2O8S/c19-11-3-4-12(10-2-1-7-17-15(10)11)27(23,24)9-8-25-16(22)26-18-13(20)5-6-14(18)21/h1-4,7,19H,5-6,8-9H2. The predicted octanol–water partition coefficient (Wildman–Crippen LogP) is 0.931. The summed E-state index contributed by atoms with van der Waals surface area (Å²) >= 11 is 0. The number of carbonyl (C=O) groups excluding carboxylic acids is 3. The van der Waals surface area contributed by atoms with Crippen molar-refractivity contribution in [1.29, 1.82) is 0 Å². The maximum absolute atomic E-state index is 12.5. The van der Waals surface area contributed by atoms with Crippen LogP contribution in [0.25, 0.3) is 10.9 Å². The van der Waals surface area contributed by atoms with Gasteiger partial charge in [0.15, 0.2) is 9.84 Å². The van der Waals surface area contributed by atoms with E-state index in [0.29, 0.717) is 5.06 Å². The second-order valence-corrected chi connectivity index (χ2v) is 7.65. The number of hydrogen-bond acceptors (Lipinski definition) is 9. The van der Waals surface area contributed by atoms with E-state index in [1.165, 1.54) is 30.5 Å². The highest BCUT2D eigenvalue weighted by molar-refractivity contribution is 7.91. The van der Waals surface area contributed by atoms with E-state index in [4.69, 9.17) is 0 Å². The number of amides is 2. The molecule has 0 bridgehead atoms. The van der Waals surface area contributed by atoms with Crippen molar-refractivity contribution in [3.8, 4) is 5.75 Å². The van der Waals surface area contributed by atoms with Gasteiger partial charge in [0.2, 0.25) is 0 Å². The summed E-state index contributed by atoms with van der Waals surface area (Å²) in [5.74, 6) is -2.08. The fraction of sp³-hybridized carbons (Fsp3) is 0.250. The number of nitrogens with zero attached hydrogens (tertiary/aromatic N) is 2. The Bertz CT molecular complexity index is 1020. The highest BCUT2D eigenvalue weighted by Gasteiger charge is 2.33. The topological polar surface area (TPSA) is 140 Å². The first-order valence-electron chi connectivity index (χ1n) is 7.79. The number of aromatic nitrogens is 1. The molecule has 3 rings (SSSR count). The number of phenolic OH excluding ortho intramolecular Hbond substituents is 1. The van der Waals surface area contributed by atoms with Gasteiger partial charge in [-0.25, -0.2) is 13.2 Å². The lowest BCUT2D eigenvalue weighted by Gasteiger charge is -2.12. The number of benzene rings is 1. The van der Waals surface area contributed by atoms with Crippen molar-refractivity contribution in [2.45, 2.75) is 17.7 Å². The molecule has 27 heavy (non-hydrogen) atoms. The van der Waals surface area contributed by atoms with Crippen molar-refractivity contribution in [2.24, 2.45) is 0 Å². The molecule has 2 amide bonds. The van der Waals surface area contributed by atoms with E-state index in [2.05, 4.69) is 14.6 Å². The van der Waals surface area contributed by atoms with Crippen LogP contribution in [-0.4, -0.2) is 53.9 Å². The Morgan fingerprint density at radius 3 is 2.59 bits per heavy atom. The largest absolute Gasteiger partial charge is 0.533 e. The highest BCUT2D eigenvalue weighted by Crippen LogP contribution is 2.29. The van der Waals surface area contributed by atoms with E-state index in [1.807, 2.05) is 0 Å². The molecule has 0 spiro atoms. The van der Waals surface area contributed by atoms with E-state index >= 15 is 0 Å². The maximum Gasteiger partial charge on any atom is 0.533 e. The number of aromatic hydroxyl groups is 1. The summed E-state index contributed by atoms with van der Waals surface area (Å²) in [4.78, 5) is 42.6. The lowest BCUT2D eigenvalue weighted by molar-refractivity contribution is -0.176. The number of phenols is 1. The Hall–Kier alpha value is -3.21. The van der Waals surface area contributed by atoms with E-state index in [-0.39, 0.29) is 34.4 Å². The van der Waals surface area contributed by atoms with Crippen LogP contribution in [0.15, 0.2) is 35.4 Å². The molecule has 142 valence electrons. The molecular formula is C16H14N2O8S. The minimum atomic E-state index is -3.88. The molecule has 1 saturated heterocycles. The number of carbonyl (C=O) groups is 3. The van der Waals surface area contributed by atoms with Gasteiger partial charge in [-0.15, -0.1) is 0 Å². The highest BCUT2D eigenvalue weighted by atomic mass is 32.2. The van der Waals surface area contributed by atoms with Crippen molar-refractivity contribution in [2.75, 3.05) is 12.4 Å². The first-order valence-corrected chi connectivity index (χ1v) is 9.45. The van der Waals surface area contributed by atoms with Crippen LogP contribution in [0, 0.1) is 0 Å². The summed E-state index contributed by atoms with van der Waals surface area (Å²) in [5, 5.41) is 10.3. The number of pyridine rings is 1. The summed E-state index contributed by atoms with van der Waals surface area (Å²) in [6.07, 6.45) is -0.0744. The Morgan fingerprint density at radius 1 is 1.19 bits per heavy atom. The van der Waals surface area contributed by atoms with E-state index < -0.39 is 40.2 Å². The number of hydroxylamine groups is 2. The van der Waals surface area contributed by atoms with Crippen LogP contribution in [0.2, 0.25) is 0 Å². The van der Waals surface area contributed by atoms with Crippen molar-refractivity contribution in [1.82, 2.24) is 10.0 Å². The summed E-state index contributed by atoms with van der Waals surface area (Å²) in [6, 6.07) is 5.46. The SMILES string of the molecule is O=C(OCCS(=O)(=O)c1ccc(O)c2ncccc12)ON1C(=O)CCC1=O. The number of sulfone groups is 1. The molecule has 0 radical (unpaired) electrons. The Labute approximate surface area is 153 Å². The minimum absolute atomic E-state index is 0.0670. The number of hydrogen-bond donors (Lipinski definition) is 1. The second kappa shape index (κ2) is 7.19. The zero-order valence-corrected chi connectivity index (χ0v) is 14.6. The number of fused-ring (bicyclic) bond motifs is 1. The fourth-order valence-corrected chi connectivity index (χ4v) is 3.80. The normalized spacial score (nSPS) is 14.6. The molecule has 1 N–H and O–H groups in total. The van der Waals surface area contributed by atoms with Gasteiger partial charge in [0.1, 0.15) is 17.9 Å². The molecule has 1 aromatic heterocycles. The molecule has 0 saturated carbocycles. The van der Waals surface area contributed by atoms with Crippen molar-refractivity contribution < 1.29 is 37.5 Å². The summed E-state index contributed by atoms with van der Waals surface area (Å²) in [7, 11) is -3.88. The lowest BCUT2D eigenvalue weighted by atomic mass is 10.2. The van der Waals surface area contributed by atoms with Gasteiger partial charge in [-0.05, 0) is 24.3 Å². The quantitative estimate of drug-likeness (QED) is 0.579. The smallest absolute Gasteiger partial charge is 0.506 e. The van der Waals surface area contributed by atoms with Crippen LogP contribution in [-0.2, 0) is 29.0 Å². The minimum Gasteiger partial charge on any atom is -0.506 e. The summed E-state index contributed by atoms with van der Waals surface area (Å²) in [6.45, 7) is -0.556. The molecule has 1 aliphatic heterocycles. The molecule has 0 unspecified atom stereocenters. The molecule has 10 nitrogen and oxygen atoms in total. The zero-order valence-electron chi connectivity index (χ0n) is 13.8. The third-order valence-electron chi connectivity index (χ3n) is 3.79. The van der Waals surface area contributed by atoms with E-state index in [0.717, 1.165) is 0 Å². The van der Waals surface area contributed by atoms with E-state index in [9.17, 15) is 27.9 Å². The number of ether oxygens (including phenoxy) is 1. The third-order valence-corrected chi connectivity index (χ3v) is 5.52. The third kappa shape index (κ3) is 3.82. The number of rotatable bonds is 5. The van der Waals surface area contributed by atoms with Crippen molar-refractivity contribution in [3.05, 3.63) is 30.5 Å². The average Bonchev–Trinajstić information content (AvgIpc) is 2.94. The molecule has 0 aliphatic carbocycles. The van der Waals surface area contributed by atoms with Gasteiger partial charge in [0, 0.05) is 24.4 Å². The van der Waals surface area contributed by atoms with Gasteiger partial charge in [-0.2, -0.15) is 0 Å². The van der Waals surface area contributed by atoms with Crippen LogP contribution < -0.4 is 0 Å². The van der Waals surface area contributed by atoms with Crippen LogP contribution in [0.1, 0.15) is 12.8 Å². The Balaban J connectivity index is 1.66. The van der Waals surface area contributed by atoms with Gasteiger partial charge in [-0.3, -0.25) is 19.4 Å². The Morgan fingerprint density at radius 2 is 1.89 bits per heavy atom. The average molecular weight is 394 g/mol. The van der Waals surface area contributed by atoms with Crippen LogP contribution in [0.5, 0.6) is 5.75 Å². The van der Waals surface area contributed by atoms with Gasteiger partial charge in [0.05, 0.1) is 10.6 Å². The maximum atomic E-state index is 12.5. The predicted molar refractivity (Wildman–Crippen MR) is 89.0 cm³/mol. The molecule has 0 atom stereocenters. The molecule has 11 heteroatoms.